The summed E-state index contributed by atoms with van der Waals surface area (Å²) in [5.41, 5.74) is 3.65. The first-order chi connectivity index (χ1) is 10.2. The van der Waals surface area contributed by atoms with Crippen LogP contribution in [0.5, 0.6) is 5.75 Å². The fraction of sp³-hybridized carbons (Fsp3) is 0.333. The third kappa shape index (κ3) is 5.18. The number of halogens is 1. The van der Waals surface area contributed by atoms with Crippen LogP contribution in [0.25, 0.3) is 0 Å². The summed E-state index contributed by atoms with van der Waals surface area (Å²) >= 11 is 3.46. The molecule has 0 aliphatic carbocycles. The van der Waals surface area contributed by atoms with Gasteiger partial charge in [-0.3, -0.25) is 0 Å². The van der Waals surface area contributed by atoms with Gasteiger partial charge in [-0.1, -0.05) is 47.1 Å². The van der Waals surface area contributed by atoms with Gasteiger partial charge in [-0.2, -0.15) is 0 Å². The molecule has 2 aromatic rings. The van der Waals surface area contributed by atoms with Crippen molar-refractivity contribution in [3.05, 3.63) is 63.6 Å². The van der Waals surface area contributed by atoms with Crippen LogP contribution in [0.1, 0.15) is 30.0 Å². The lowest BCUT2D eigenvalue weighted by molar-refractivity contribution is 0.304. The van der Waals surface area contributed by atoms with Crippen LogP contribution in [-0.4, -0.2) is 6.54 Å². The summed E-state index contributed by atoms with van der Waals surface area (Å²) in [6.45, 7) is 6.83. The molecule has 0 unspecified atom stereocenters. The lowest BCUT2D eigenvalue weighted by Crippen LogP contribution is -2.13. The van der Waals surface area contributed by atoms with Crippen molar-refractivity contribution in [2.45, 2.75) is 33.4 Å². The number of benzene rings is 2. The van der Waals surface area contributed by atoms with E-state index in [9.17, 15) is 0 Å². The third-order valence-corrected chi connectivity index (χ3v) is 3.80. The highest BCUT2D eigenvalue weighted by atomic mass is 79.9. The van der Waals surface area contributed by atoms with Crippen molar-refractivity contribution in [2.75, 3.05) is 6.54 Å². The molecule has 2 rings (SSSR count). The first-order valence-corrected chi connectivity index (χ1v) is 8.16. The Labute approximate surface area is 135 Å². The van der Waals surface area contributed by atoms with Crippen LogP contribution < -0.4 is 10.1 Å². The van der Waals surface area contributed by atoms with Gasteiger partial charge in [-0.15, -0.1) is 0 Å². The molecule has 0 heterocycles. The Bertz CT molecular complexity index is 566. The molecule has 0 amide bonds. The Morgan fingerprint density at radius 3 is 2.43 bits per heavy atom. The molecule has 0 spiro atoms. The summed E-state index contributed by atoms with van der Waals surface area (Å²) in [6.07, 6.45) is 1.17. The first-order valence-electron chi connectivity index (χ1n) is 7.36. The molecule has 0 radical (unpaired) electrons. The maximum atomic E-state index is 5.88. The number of rotatable bonds is 7. The summed E-state index contributed by atoms with van der Waals surface area (Å²) in [7, 11) is 0. The largest absolute Gasteiger partial charge is 0.489 e. The van der Waals surface area contributed by atoms with Crippen molar-refractivity contribution < 1.29 is 4.74 Å². The monoisotopic (exact) mass is 347 g/mol. The standard InChI is InChI=1S/C18H22BrNO/c1-3-10-20-12-15-4-6-16(7-5-15)13-21-18-9-8-17(19)11-14(18)2/h4-9,11,20H,3,10,12-13H2,1-2H3. The Morgan fingerprint density at radius 2 is 1.76 bits per heavy atom. The second-order valence-electron chi connectivity index (χ2n) is 5.19. The van der Waals surface area contributed by atoms with Crippen LogP contribution in [0.3, 0.4) is 0 Å². The van der Waals surface area contributed by atoms with Crippen LogP contribution in [0.15, 0.2) is 46.9 Å². The molecule has 0 atom stereocenters. The topological polar surface area (TPSA) is 21.3 Å². The van der Waals surface area contributed by atoms with Crippen molar-refractivity contribution in [1.29, 1.82) is 0 Å². The van der Waals surface area contributed by atoms with E-state index in [4.69, 9.17) is 4.74 Å². The zero-order valence-electron chi connectivity index (χ0n) is 12.7. The number of aryl methyl sites for hydroxylation is 1. The quantitative estimate of drug-likeness (QED) is 0.723. The molecule has 0 fully saturated rings. The van der Waals surface area contributed by atoms with Crippen LogP contribution in [0.4, 0.5) is 0 Å². The maximum Gasteiger partial charge on any atom is 0.122 e. The summed E-state index contributed by atoms with van der Waals surface area (Å²) in [5.74, 6) is 0.937. The first kappa shape index (κ1) is 16.1. The minimum absolute atomic E-state index is 0.602. The lowest BCUT2D eigenvalue weighted by atomic mass is 10.1. The number of ether oxygens (including phenoxy) is 1. The lowest BCUT2D eigenvalue weighted by Gasteiger charge is -2.10. The van der Waals surface area contributed by atoms with Gasteiger partial charge in [0.05, 0.1) is 0 Å². The van der Waals surface area contributed by atoms with Crippen molar-refractivity contribution in [3.8, 4) is 5.75 Å². The van der Waals surface area contributed by atoms with Crippen molar-refractivity contribution in [1.82, 2.24) is 5.32 Å². The highest BCUT2D eigenvalue weighted by Gasteiger charge is 2.01. The zero-order valence-corrected chi connectivity index (χ0v) is 14.2. The molecule has 0 aromatic heterocycles. The Kier molecular flexibility index (Phi) is 6.27. The molecule has 21 heavy (non-hydrogen) atoms. The van der Waals surface area contributed by atoms with Gasteiger partial charge in [0.2, 0.25) is 0 Å². The third-order valence-electron chi connectivity index (χ3n) is 3.31. The Balaban J connectivity index is 1.88. The van der Waals surface area contributed by atoms with Gasteiger partial charge >= 0.3 is 0 Å². The smallest absolute Gasteiger partial charge is 0.122 e. The highest BCUT2D eigenvalue weighted by molar-refractivity contribution is 9.10. The zero-order chi connectivity index (χ0) is 15.1. The van der Waals surface area contributed by atoms with Gasteiger partial charge in [-0.05, 0) is 54.8 Å². The van der Waals surface area contributed by atoms with Gasteiger partial charge in [0.1, 0.15) is 12.4 Å². The van der Waals surface area contributed by atoms with E-state index in [1.807, 2.05) is 12.1 Å². The van der Waals surface area contributed by atoms with Crippen LogP contribution in [-0.2, 0) is 13.2 Å². The summed E-state index contributed by atoms with van der Waals surface area (Å²) < 4.78 is 6.96. The van der Waals surface area contributed by atoms with E-state index in [0.717, 1.165) is 28.9 Å². The van der Waals surface area contributed by atoms with Crippen molar-refractivity contribution in [3.63, 3.8) is 0 Å². The predicted molar refractivity (Wildman–Crippen MR) is 91.7 cm³/mol. The molecular formula is C18H22BrNO. The Hall–Kier alpha value is -1.32. The van der Waals surface area contributed by atoms with E-state index in [2.05, 4.69) is 65.4 Å². The molecule has 112 valence electrons. The molecule has 0 saturated carbocycles. The van der Waals surface area contributed by atoms with E-state index < -0.39 is 0 Å². The van der Waals surface area contributed by atoms with Crippen molar-refractivity contribution in [2.24, 2.45) is 0 Å². The molecule has 0 aliphatic heterocycles. The molecule has 0 bridgehead atoms. The van der Waals surface area contributed by atoms with E-state index in [-0.39, 0.29) is 0 Å². The van der Waals surface area contributed by atoms with Crippen LogP contribution in [0.2, 0.25) is 0 Å². The molecule has 0 saturated heterocycles. The van der Waals surface area contributed by atoms with E-state index >= 15 is 0 Å². The summed E-state index contributed by atoms with van der Waals surface area (Å²) in [5, 5.41) is 3.41. The summed E-state index contributed by atoms with van der Waals surface area (Å²) in [6, 6.07) is 14.7. The maximum absolute atomic E-state index is 5.88. The number of hydrogen-bond donors (Lipinski definition) is 1. The molecular weight excluding hydrogens is 326 g/mol. The molecule has 2 aromatic carbocycles. The Morgan fingerprint density at radius 1 is 1.05 bits per heavy atom. The fourth-order valence-electron chi connectivity index (χ4n) is 2.10. The highest BCUT2D eigenvalue weighted by Crippen LogP contribution is 2.23. The van der Waals surface area contributed by atoms with Crippen LogP contribution >= 0.6 is 15.9 Å². The molecule has 1 N–H and O–H groups in total. The van der Waals surface area contributed by atoms with Gasteiger partial charge in [0.15, 0.2) is 0 Å². The minimum atomic E-state index is 0.602. The van der Waals surface area contributed by atoms with Crippen molar-refractivity contribution >= 4 is 15.9 Å². The normalized spacial score (nSPS) is 10.6. The fourth-order valence-corrected chi connectivity index (χ4v) is 2.57. The van der Waals surface area contributed by atoms with E-state index in [0.29, 0.717) is 6.61 Å². The van der Waals surface area contributed by atoms with Gasteiger partial charge < -0.3 is 10.1 Å². The average Bonchev–Trinajstić information content (AvgIpc) is 2.48. The number of hydrogen-bond acceptors (Lipinski definition) is 2. The number of nitrogens with one attached hydrogen (secondary N) is 1. The van der Waals surface area contributed by atoms with Gasteiger partial charge in [0.25, 0.3) is 0 Å². The molecule has 2 nitrogen and oxygen atoms in total. The summed E-state index contributed by atoms with van der Waals surface area (Å²) in [4.78, 5) is 0. The van der Waals surface area contributed by atoms with Crippen LogP contribution in [0, 0.1) is 6.92 Å². The SMILES string of the molecule is CCCNCc1ccc(COc2ccc(Br)cc2C)cc1. The second kappa shape index (κ2) is 8.20. The van der Waals surface area contributed by atoms with Gasteiger partial charge in [0, 0.05) is 11.0 Å². The second-order valence-corrected chi connectivity index (χ2v) is 6.11. The van der Waals surface area contributed by atoms with E-state index in [1.165, 1.54) is 17.5 Å². The molecule has 0 aliphatic rings. The molecule has 3 heteroatoms. The van der Waals surface area contributed by atoms with E-state index in [1.54, 1.807) is 0 Å². The minimum Gasteiger partial charge on any atom is -0.489 e. The predicted octanol–water partition coefficient (Wildman–Crippen LogP) is 4.84. The van der Waals surface area contributed by atoms with Gasteiger partial charge in [-0.25, -0.2) is 0 Å². The average molecular weight is 348 g/mol.